The molecule has 4 rings (SSSR count). The van der Waals surface area contributed by atoms with Crippen molar-refractivity contribution in [3.63, 3.8) is 0 Å². The fourth-order valence-electron chi connectivity index (χ4n) is 3.82. The molecule has 0 saturated heterocycles. The van der Waals surface area contributed by atoms with E-state index in [4.69, 9.17) is 5.11 Å². The summed E-state index contributed by atoms with van der Waals surface area (Å²) in [5.74, 6) is -1.89. The van der Waals surface area contributed by atoms with Crippen molar-refractivity contribution in [2.75, 3.05) is 16.0 Å². The van der Waals surface area contributed by atoms with Gasteiger partial charge in [0.2, 0.25) is 11.8 Å². The molecule has 0 bridgehead atoms. The molecule has 1 aromatic heterocycles. The number of aryl methyl sites for hydroxylation is 1. The number of carboxylic acids is 1. The lowest BCUT2D eigenvalue weighted by atomic mass is 10.1. The van der Waals surface area contributed by atoms with Crippen LogP contribution in [0.15, 0.2) is 83.7 Å². The topological polar surface area (TPSA) is 150 Å². The number of benzene rings is 3. The number of anilines is 3. The van der Waals surface area contributed by atoms with Crippen molar-refractivity contribution >= 4 is 52.2 Å². The number of aromatic carboxylic acids is 1. The van der Waals surface area contributed by atoms with Crippen LogP contribution in [-0.2, 0) is 22.4 Å². The normalized spacial score (nSPS) is 11.2. The fourth-order valence-corrected chi connectivity index (χ4v) is 4.39. The first kappa shape index (κ1) is 28.0. The highest BCUT2D eigenvalue weighted by Crippen LogP contribution is 2.16. The number of carbonyl (C=O) groups excluding carboxylic acids is 3. The summed E-state index contributed by atoms with van der Waals surface area (Å²) >= 11 is 1.38. The molecule has 4 amide bonds. The Bertz CT molecular complexity index is 1490. The zero-order valence-corrected chi connectivity index (χ0v) is 22.3. The van der Waals surface area contributed by atoms with Crippen LogP contribution in [0.1, 0.15) is 27.2 Å². The van der Waals surface area contributed by atoms with Gasteiger partial charge in [-0.1, -0.05) is 30.3 Å². The Labute approximate surface area is 234 Å². The summed E-state index contributed by atoms with van der Waals surface area (Å²) in [5.41, 5.74) is 5.71. The molecular formula is C29H27N5O5S. The van der Waals surface area contributed by atoms with Crippen molar-refractivity contribution in [3.8, 4) is 0 Å². The molecule has 0 aliphatic carbocycles. The monoisotopic (exact) mass is 557 g/mol. The number of hydrogen-bond donors (Lipinski definition) is 5. The lowest BCUT2D eigenvalue weighted by molar-refractivity contribution is -0.126. The smallest absolute Gasteiger partial charge is 0.335 e. The maximum Gasteiger partial charge on any atom is 0.335 e. The van der Waals surface area contributed by atoms with E-state index in [1.165, 1.54) is 35.6 Å². The molecular weight excluding hydrogens is 530 g/mol. The molecule has 4 aromatic rings. The van der Waals surface area contributed by atoms with Crippen LogP contribution in [0.2, 0.25) is 0 Å². The van der Waals surface area contributed by atoms with E-state index in [2.05, 4.69) is 26.3 Å². The lowest BCUT2D eigenvalue weighted by Crippen LogP contribution is -2.45. The number of hydrogen-bond acceptors (Lipinski definition) is 6. The molecule has 0 saturated carbocycles. The van der Waals surface area contributed by atoms with E-state index in [0.29, 0.717) is 28.3 Å². The molecule has 1 atom stereocenters. The number of carbonyl (C=O) groups is 4. The highest BCUT2D eigenvalue weighted by atomic mass is 32.1. The van der Waals surface area contributed by atoms with Gasteiger partial charge in [0, 0.05) is 28.9 Å². The first-order valence-corrected chi connectivity index (χ1v) is 13.2. The van der Waals surface area contributed by atoms with E-state index >= 15 is 0 Å². The number of rotatable bonds is 10. The number of thiazole rings is 1. The van der Waals surface area contributed by atoms with E-state index < -0.39 is 17.9 Å². The largest absolute Gasteiger partial charge is 0.478 e. The molecule has 3 aromatic carbocycles. The minimum absolute atomic E-state index is 0.0177. The van der Waals surface area contributed by atoms with Crippen LogP contribution < -0.4 is 21.3 Å². The first-order valence-electron chi connectivity index (χ1n) is 12.3. The van der Waals surface area contributed by atoms with Crippen LogP contribution in [0.25, 0.3) is 0 Å². The Morgan fingerprint density at radius 3 is 2.20 bits per heavy atom. The Hall–Kier alpha value is -5.03. The summed E-state index contributed by atoms with van der Waals surface area (Å²) in [6.45, 7) is 1.90. The maximum absolute atomic E-state index is 13.0. The Kier molecular flexibility index (Phi) is 9.21. The second-order valence-electron chi connectivity index (χ2n) is 8.94. The standard InChI is InChI=1S/C29H27N5O5S/c1-18-4-2-3-5-24(18)34-29(39)32-22-10-6-19(7-11-22)14-26(35)33-25(15-23-16-40-17-30-23)27(36)31-21-12-8-20(9-13-21)28(37)38/h2-13,16-17,25H,14-15H2,1H3,(H,31,36)(H,33,35)(H,37,38)(H2,32,34,39)/t25-/m0/s1. The summed E-state index contributed by atoms with van der Waals surface area (Å²) in [6, 6.07) is 18.7. The van der Waals surface area contributed by atoms with Gasteiger partial charge < -0.3 is 26.4 Å². The van der Waals surface area contributed by atoms with Crippen LogP contribution in [-0.4, -0.2) is 39.9 Å². The van der Waals surface area contributed by atoms with Gasteiger partial charge in [0.1, 0.15) is 6.04 Å². The van der Waals surface area contributed by atoms with Crippen LogP contribution in [0.5, 0.6) is 0 Å². The van der Waals surface area contributed by atoms with Gasteiger partial charge in [-0.05, 0) is 60.5 Å². The predicted octanol–water partition coefficient (Wildman–Crippen LogP) is 4.70. The van der Waals surface area contributed by atoms with Gasteiger partial charge in [-0.2, -0.15) is 0 Å². The van der Waals surface area contributed by atoms with Crippen molar-refractivity contribution in [1.82, 2.24) is 10.3 Å². The minimum atomic E-state index is -1.07. The molecule has 0 aliphatic rings. The number of para-hydroxylation sites is 1. The summed E-state index contributed by atoms with van der Waals surface area (Å²) < 4.78 is 0. The summed E-state index contributed by atoms with van der Waals surface area (Å²) in [4.78, 5) is 53.5. The van der Waals surface area contributed by atoms with E-state index in [-0.39, 0.29) is 30.3 Å². The lowest BCUT2D eigenvalue weighted by Gasteiger charge is -2.18. The van der Waals surface area contributed by atoms with Crippen LogP contribution >= 0.6 is 11.3 Å². The second kappa shape index (κ2) is 13.2. The molecule has 10 nitrogen and oxygen atoms in total. The van der Waals surface area contributed by atoms with Crippen LogP contribution in [0.3, 0.4) is 0 Å². The molecule has 11 heteroatoms. The SMILES string of the molecule is Cc1ccccc1NC(=O)Nc1ccc(CC(=O)N[C@@H](Cc2cscn2)C(=O)Nc2ccc(C(=O)O)cc2)cc1. The summed E-state index contributed by atoms with van der Waals surface area (Å²) in [6.07, 6.45) is 0.205. The molecule has 40 heavy (non-hydrogen) atoms. The Balaban J connectivity index is 1.35. The van der Waals surface area contributed by atoms with Gasteiger partial charge in [0.25, 0.3) is 0 Å². The van der Waals surface area contributed by atoms with Gasteiger partial charge in [-0.15, -0.1) is 11.3 Å². The third-order valence-electron chi connectivity index (χ3n) is 5.92. The van der Waals surface area contributed by atoms with Crippen molar-refractivity contribution in [2.24, 2.45) is 0 Å². The number of aromatic nitrogens is 1. The van der Waals surface area contributed by atoms with Crippen LogP contribution in [0, 0.1) is 6.92 Å². The van der Waals surface area contributed by atoms with E-state index in [1.54, 1.807) is 35.2 Å². The van der Waals surface area contributed by atoms with E-state index in [0.717, 1.165) is 5.56 Å². The summed E-state index contributed by atoms with van der Waals surface area (Å²) in [7, 11) is 0. The average Bonchev–Trinajstić information content (AvgIpc) is 3.44. The van der Waals surface area contributed by atoms with Gasteiger partial charge in [-0.3, -0.25) is 9.59 Å². The summed E-state index contributed by atoms with van der Waals surface area (Å²) in [5, 5.41) is 21.9. The molecule has 0 fully saturated rings. The van der Waals surface area contributed by atoms with Gasteiger partial charge in [0.05, 0.1) is 23.2 Å². The highest BCUT2D eigenvalue weighted by molar-refractivity contribution is 7.07. The quantitative estimate of drug-likeness (QED) is 0.191. The highest BCUT2D eigenvalue weighted by Gasteiger charge is 2.22. The van der Waals surface area contributed by atoms with Crippen molar-refractivity contribution in [1.29, 1.82) is 0 Å². The van der Waals surface area contributed by atoms with E-state index in [9.17, 15) is 19.2 Å². The second-order valence-corrected chi connectivity index (χ2v) is 9.66. The fraction of sp³-hybridized carbons (Fsp3) is 0.138. The average molecular weight is 558 g/mol. The van der Waals surface area contributed by atoms with Gasteiger partial charge in [-0.25, -0.2) is 14.6 Å². The number of nitrogens with one attached hydrogen (secondary N) is 4. The third-order valence-corrected chi connectivity index (χ3v) is 6.55. The van der Waals surface area contributed by atoms with Gasteiger partial charge in [0.15, 0.2) is 0 Å². The molecule has 5 N–H and O–H groups in total. The number of carboxylic acid groups (broad SMARTS) is 1. The van der Waals surface area contributed by atoms with Crippen molar-refractivity contribution in [2.45, 2.75) is 25.8 Å². The molecule has 0 unspecified atom stereocenters. The molecule has 0 spiro atoms. The Morgan fingerprint density at radius 1 is 0.875 bits per heavy atom. The van der Waals surface area contributed by atoms with Gasteiger partial charge >= 0.3 is 12.0 Å². The van der Waals surface area contributed by atoms with Crippen LogP contribution in [0.4, 0.5) is 21.9 Å². The predicted molar refractivity (Wildman–Crippen MR) is 154 cm³/mol. The minimum Gasteiger partial charge on any atom is -0.478 e. The number of urea groups is 1. The zero-order valence-electron chi connectivity index (χ0n) is 21.5. The maximum atomic E-state index is 13.0. The first-order chi connectivity index (χ1) is 19.3. The molecule has 1 heterocycles. The third kappa shape index (κ3) is 7.98. The Morgan fingerprint density at radius 2 is 1.55 bits per heavy atom. The number of amides is 4. The zero-order chi connectivity index (χ0) is 28.5. The molecule has 204 valence electrons. The number of nitrogens with zero attached hydrogens (tertiary/aromatic N) is 1. The molecule has 0 radical (unpaired) electrons. The van der Waals surface area contributed by atoms with Crippen molar-refractivity contribution in [3.05, 3.63) is 106 Å². The van der Waals surface area contributed by atoms with E-state index in [1.807, 2.05) is 31.2 Å². The van der Waals surface area contributed by atoms with Crippen molar-refractivity contribution < 1.29 is 24.3 Å². The molecule has 0 aliphatic heterocycles.